The summed E-state index contributed by atoms with van der Waals surface area (Å²) in [5.74, 6) is 1.05. The molecule has 0 saturated heterocycles. The quantitative estimate of drug-likeness (QED) is 0.908. The Kier molecular flexibility index (Phi) is 5.05. The Balaban J connectivity index is 2.34. The molecule has 0 amide bonds. The fourth-order valence-electron chi connectivity index (χ4n) is 1.99. The van der Waals surface area contributed by atoms with Gasteiger partial charge in [0.15, 0.2) is 11.5 Å². The van der Waals surface area contributed by atoms with Gasteiger partial charge in [-0.2, -0.15) is 13.9 Å². The smallest absolute Gasteiger partial charge is 0.387 e. The predicted octanol–water partition coefficient (Wildman–Crippen LogP) is 3.07. The second-order valence-corrected chi connectivity index (χ2v) is 5.30. The molecular formula is C13H16F2N2O2S. The van der Waals surface area contributed by atoms with Crippen LogP contribution < -0.4 is 14.9 Å². The molecule has 1 aliphatic heterocycles. The van der Waals surface area contributed by atoms with Crippen LogP contribution >= 0.6 is 11.8 Å². The molecule has 1 aliphatic rings. The first-order valence-electron chi connectivity index (χ1n) is 6.21. The normalized spacial score (nSPS) is 18.4. The molecule has 110 valence electrons. The molecule has 20 heavy (non-hydrogen) atoms. The molecule has 1 aromatic carbocycles. The zero-order chi connectivity index (χ0) is 14.5. The first-order valence-corrected chi connectivity index (χ1v) is 7.25. The summed E-state index contributed by atoms with van der Waals surface area (Å²) in [7, 11) is 1.41. The van der Waals surface area contributed by atoms with Crippen molar-refractivity contribution in [2.75, 3.05) is 13.0 Å². The maximum atomic E-state index is 12.4. The van der Waals surface area contributed by atoms with E-state index in [2.05, 4.69) is 22.2 Å². The summed E-state index contributed by atoms with van der Waals surface area (Å²) >= 11 is 1.73. The molecule has 0 spiro atoms. The standard InChI is InChI=1S/C13H16F2N2O2S/c1-3-11-12(17-16-7-20-11)8-4-5-9(18-2)10(6-8)19-13(14)15/h4-6,11,13,16H,3,7H2,1-2H3. The molecule has 0 saturated carbocycles. The Labute approximate surface area is 120 Å². The second kappa shape index (κ2) is 6.78. The number of nitrogens with zero attached hydrogens (tertiary/aromatic N) is 1. The molecule has 1 N–H and O–H groups in total. The molecule has 0 radical (unpaired) electrons. The Hall–Kier alpha value is -1.50. The first kappa shape index (κ1) is 14.9. The van der Waals surface area contributed by atoms with Gasteiger partial charge in [-0.25, -0.2) is 0 Å². The van der Waals surface area contributed by atoms with Gasteiger partial charge in [-0.3, -0.25) is 5.43 Å². The lowest BCUT2D eigenvalue weighted by atomic mass is 10.0. The van der Waals surface area contributed by atoms with E-state index in [1.807, 2.05) is 0 Å². The van der Waals surface area contributed by atoms with Crippen molar-refractivity contribution >= 4 is 17.5 Å². The third-order valence-corrected chi connectivity index (χ3v) is 4.15. The summed E-state index contributed by atoms with van der Waals surface area (Å²) in [6, 6.07) is 4.95. The summed E-state index contributed by atoms with van der Waals surface area (Å²) in [6.45, 7) is -0.819. The SMILES string of the molecule is CCC1SCNN=C1c1ccc(OC)c(OC(F)F)c1. The minimum Gasteiger partial charge on any atom is -0.493 e. The molecule has 1 aromatic rings. The molecule has 1 unspecified atom stereocenters. The van der Waals surface area contributed by atoms with Crippen LogP contribution in [0.3, 0.4) is 0 Å². The number of hydrogen-bond acceptors (Lipinski definition) is 5. The Morgan fingerprint density at radius 1 is 1.45 bits per heavy atom. The van der Waals surface area contributed by atoms with Crippen LogP contribution in [-0.2, 0) is 0 Å². The van der Waals surface area contributed by atoms with Crippen molar-refractivity contribution in [2.24, 2.45) is 5.10 Å². The number of nitrogens with one attached hydrogen (secondary N) is 1. The molecule has 2 rings (SSSR count). The number of rotatable bonds is 5. The van der Waals surface area contributed by atoms with Crippen LogP contribution in [0.4, 0.5) is 8.78 Å². The highest BCUT2D eigenvalue weighted by Gasteiger charge is 2.22. The number of benzene rings is 1. The molecule has 1 atom stereocenters. The van der Waals surface area contributed by atoms with Crippen LogP contribution in [0, 0.1) is 0 Å². The third kappa shape index (κ3) is 3.33. The lowest BCUT2D eigenvalue weighted by Gasteiger charge is -2.22. The van der Waals surface area contributed by atoms with E-state index in [1.165, 1.54) is 7.11 Å². The second-order valence-electron chi connectivity index (χ2n) is 4.11. The predicted molar refractivity (Wildman–Crippen MR) is 75.8 cm³/mol. The van der Waals surface area contributed by atoms with Crippen molar-refractivity contribution in [3.8, 4) is 11.5 Å². The molecule has 0 fully saturated rings. The minimum absolute atomic E-state index is 0.0214. The Morgan fingerprint density at radius 2 is 2.25 bits per heavy atom. The highest BCUT2D eigenvalue weighted by Crippen LogP contribution is 2.32. The van der Waals surface area contributed by atoms with E-state index in [9.17, 15) is 8.78 Å². The van der Waals surface area contributed by atoms with Gasteiger partial charge in [0, 0.05) is 5.56 Å². The van der Waals surface area contributed by atoms with Crippen molar-refractivity contribution in [3.05, 3.63) is 23.8 Å². The zero-order valence-electron chi connectivity index (χ0n) is 11.2. The maximum absolute atomic E-state index is 12.4. The van der Waals surface area contributed by atoms with Crippen LogP contribution in [-0.4, -0.2) is 30.6 Å². The highest BCUT2D eigenvalue weighted by molar-refractivity contribution is 8.00. The van der Waals surface area contributed by atoms with Crippen molar-refractivity contribution in [1.29, 1.82) is 0 Å². The fourth-order valence-corrected chi connectivity index (χ4v) is 2.91. The third-order valence-electron chi connectivity index (χ3n) is 2.90. The van der Waals surface area contributed by atoms with Crippen molar-refractivity contribution in [2.45, 2.75) is 25.2 Å². The molecule has 1 heterocycles. The van der Waals surface area contributed by atoms with E-state index in [4.69, 9.17) is 4.74 Å². The Morgan fingerprint density at radius 3 is 2.90 bits per heavy atom. The van der Waals surface area contributed by atoms with E-state index in [0.717, 1.165) is 23.6 Å². The number of thioether (sulfide) groups is 1. The van der Waals surface area contributed by atoms with Crippen LogP contribution in [0.1, 0.15) is 18.9 Å². The van der Waals surface area contributed by atoms with E-state index in [-0.39, 0.29) is 16.7 Å². The largest absolute Gasteiger partial charge is 0.493 e. The monoisotopic (exact) mass is 302 g/mol. The van der Waals surface area contributed by atoms with E-state index < -0.39 is 6.61 Å². The summed E-state index contributed by atoms with van der Waals surface area (Å²) in [4.78, 5) is 0. The van der Waals surface area contributed by atoms with Gasteiger partial charge in [-0.05, 0) is 24.6 Å². The first-order chi connectivity index (χ1) is 9.65. The number of hydrazone groups is 1. The van der Waals surface area contributed by atoms with E-state index >= 15 is 0 Å². The van der Waals surface area contributed by atoms with Crippen molar-refractivity contribution in [1.82, 2.24) is 5.43 Å². The van der Waals surface area contributed by atoms with Gasteiger partial charge in [0.05, 0.1) is 23.9 Å². The van der Waals surface area contributed by atoms with Gasteiger partial charge >= 0.3 is 6.61 Å². The molecule has 0 aliphatic carbocycles. The topological polar surface area (TPSA) is 42.9 Å². The lowest BCUT2D eigenvalue weighted by Crippen LogP contribution is -2.28. The summed E-state index contributed by atoms with van der Waals surface area (Å²) in [5.41, 5.74) is 4.51. The average molecular weight is 302 g/mol. The number of ether oxygens (including phenoxy) is 2. The molecule has 7 heteroatoms. The van der Waals surface area contributed by atoms with Gasteiger partial charge in [0.1, 0.15) is 0 Å². The van der Waals surface area contributed by atoms with Gasteiger partial charge in [-0.15, -0.1) is 11.8 Å². The van der Waals surface area contributed by atoms with E-state index in [0.29, 0.717) is 0 Å². The van der Waals surface area contributed by atoms with Crippen LogP contribution in [0.2, 0.25) is 0 Å². The van der Waals surface area contributed by atoms with Crippen LogP contribution in [0.5, 0.6) is 11.5 Å². The minimum atomic E-state index is -2.89. The Bertz CT molecular complexity index is 497. The fraction of sp³-hybridized carbons (Fsp3) is 0.462. The summed E-state index contributed by atoms with van der Waals surface area (Å²) < 4.78 is 34.4. The van der Waals surface area contributed by atoms with Crippen molar-refractivity contribution < 1.29 is 18.3 Å². The van der Waals surface area contributed by atoms with E-state index in [1.54, 1.807) is 30.0 Å². The number of methoxy groups -OCH3 is 1. The number of halogens is 2. The number of hydrogen-bond donors (Lipinski definition) is 1. The molecule has 4 nitrogen and oxygen atoms in total. The van der Waals surface area contributed by atoms with Crippen LogP contribution in [0.25, 0.3) is 0 Å². The molecular weight excluding hydrogens is 286 g/mol. The molecule has 0 aromatic heterocycles. The lowest BCUT2D eigenvalue weighted by molar-refractivity contribution is -0.0512. The zero-order valence-corrected chi connectivity index (χ0v) is 12.0. The summed E-state index contributed by atoms with van der Waals surface area (Å²) in [6.07, 6.45) is 0.919. The van der Waals surface area contributed by atoms with Gasteiger partial charge in [0.2, 0.25) is 0 Å². The highest BCUT2D eigenvalue weighted by atomic mass is 32.2. The van der Waals surface area contributed by atoms with Gasteiger partial charge in [-0.1, -0.05) is 6.92 Å². The van der Waals surface area contributed by atoms with Gasteiger partial charge < -0.3 is 9.47 Å². The maximum Gasteiger partial charge on any atom is 0.387 e. The van der Waals surface area contributed by atoms with Gasteiger partial charge in [0.25, 0.3) is 0 Å². The summed E-state index contributed by atoms with van der Waals surface area (Å²) in [5, 5.41) is 4.53. The van der Waals surface area contributed by atoms with Crippen molar-refractivity contribution in [3.63, 3.8) is 0 Å². The molecule has 0 bridgehead atoms. The number of alkyl halides is 2. The average Bonchev–Trinajstić information content (AvgIpc) is 2.46. The van der Waals surface area contributed by atoms with Crippen LogP contribution in [0.15, 0.2) is 23.3 Å².